The van der Waals surface area contributed by atoms with E-state index in [1.807, 2.05) is 0 Å². The second-order valence-corrected chi connectivity index (χ2v) is 11.1. The maximum atomic E-state index is 9.60. The van der Waals surface area contributed by atoms with Crippen LogP contribution >= 0.6 is 0 Å². The Balaban J connectivity index is 2.58. The van der Waals surface area contributed by atoms with Gasteiger partial charge in [0.25, 0.3) is 0 Å². The summed E-state index contributed by atoms with van der Waals surface area (Å²) in [6.07, 6.45) is 20.1. The molecule has 39 heavy (non-hydrogen) atoms. The predicted octanol–water partition coefficient (Wildman–Crippen LogP) is 11.3. The maximum Gasteiger partial charge on any atom is 0.303 e. The normalized spacial score (nSPS) is 11.6. The number of rotatable bonds is 20. The van der Waals surface area contributed by atoms with Crippen molar-refractivity contribution < 1.29 is 4.79 Å². The lowest BCUT2D eigenvalue weighted by atomic mass is 9.84. The number of benzene rings is 2. The van der Waals surface area contributed by atoms with Crippen LogP contribution in [0.25, 0.3) is 11.1 Å². The third-order valence-electron chi connectivity index (χ3n) is 7.78. The summed E-state index contributed by atoms with van der Waals surface area (Å²) in [5.41, 5.74) is 18.6. The highest BCUT2D eigenvalue weighted by atomic mass is 14.8. The van der Waals surface area contributed by atoms with Gasteiger partial charge in [-0.25, -0.2) is 0 Å². The predicted molar refractivity (Wildman–Crippen MR) is 170 cm³/mol. The average molecular weight is 527 g/mol. The van der Waals surface area contributed by atoms with Crippen LogP contribution in [0.5, 0.6) is 0 Å². The highest BCUT2D eigenvalue weighted by Crippen LogP contribution is 2.35. The topological polar surface area (TPSA) is 36.4 Å². The Bertz CT molecular complexity index is 1050. The second kappa shape index (κ2) is 20.3. The summed E-state index contributed by atoms with van der Waals surface area (Å²) in [4.78, 5) is 3.43. The van der Waals surface area contributed by atoms with Gasteiger partial charge in [-0.15, -0.1) is 4.79 Å². The van der Waals surface area contributed by atoms with Gasteiger partial charge in [0.15, 0.2) is 0 Å². The van der Waals surface area contributed by atoms with Gasteiger partial charge in [0.1, 0.15) is 0 Å². The van der Waals surface area contributed by atoms with Gasteiger partial charge in [0.2, 0.25) is 0 Å². The highest BCUT2D eigenvalue weighted by Gasteiger charge is 2.18. The van der Waals surface area contributed by atoms with Crippen LogP contribution in [0.15, 0.2) is 59.7 Å². The van der Waals surface area contributed by atoms with Gasteiger partial charge in [0.05, 0.1) is 5.57 Å². The molecule has 0 amide bonds. The molecule has 0 aromatic heterocycles. The monoisotopic (exact) mass is 526 g/mol. The lowest BCUT2D eigenvalue weighted by Gasteiger charge is -2.18. The average Bonchev–Trinajstić information content (AvgIpc) is 2.96. The van der Waals surface area contributed by atoms with Crippen molar-refractivity contribution in [2.24, 2.45) is 0 Å². The van der Waals surface area contributed by atoms with Crippen LogP contribution in [-0.2, 0) is 12.8 Å². The van der Waals surface area contributed by atoms with Crippen LogP contribution < -0.4 is 0 Å². The molecule has 212 valence electrons. The first-order valence-electron chi connectivity index (χ1n) is 16.1. The van der Waals surface area contributed by atoms with E-state index in [1.54, 1.807) is 0 Å². The van der Waals surface area contributed by atoms with E-state index in [0.29, 0.717) is 0 Å². The Morgan fingerprint density at radius 1 is 0.564 bits per heavy atom. The number of aryl methyl sites for hydroxylation is 2. The zero-order valence-corrected chi connectivity index (χ0v) is 25.5. The van der Waals surface area contributed by atoms with Gasteiger partial charge < -0.3 is 5.53 Å². The first-order valence-corrected chi connectivity index (χ1v) is 16.1. The molecule has 0 atom stereocenters. The summed E-state index contributed by atoms with van der Waals surface area (Å²) in [6, 6.07) is 18.5. The Kier molecular flexibility index (Phi) is 16.9. The lowest BCUT2D eigenvalue weighted by Crippen LogP contribution is -2.02. The van der Waals surface area contributed by atoms with Gasteiger partial charge in [0, 0.05) is 0 Å². The zero-order chi connectivity index (χ0) is 28.1. The lowest BCUT2D eigenvalue weighted by molar-refractivity contribution is 0.00739. The van der Waals surface area contributed by atoms with Crippen molar-refractivity contribution >= 4 is 11.4 Å². The molecule has 0 aliphatic carbocycles. The van der Waals surface area contributed by atoms with Crippen LogP contribution in [0.2, 0.25) is 0 Å². The molecule has 2 aromatic carbocycles. The van der Waals surface area contributed by atoms with Crippen molar-refractivity contribution in [1.82, 2.24) is 0 Å². The first-order chi connectivity index (χ1) is 19.2. The Morgan fingerprint density at radius 3 is 1.59 bits per heavy atom. The number of nitrogens with zero attached hydrogens (tertiary/aromatic N) is 2. The van der Waals surface area contributed by atoms with E-state index in [1.165, 1.54) is 97.6 Å². The molecule has 0 fully saturated rings. The van der Waals surface area contributed by atoms with E-state index in [9.17, 15) is 5.53 Å². The number of allylic oxidation sites excluding steroid dienone is 2. The van der Waals surface area contributed by atoms with E-state index >= 15 is 0 Å². The van der Waals surface area contributed by atoms with Crippen LogP contribution in [0.3, 0.4) is 0 Å². The number of hydrogen-bond donors (Lipinski definition) is 0. The molecule has 2 aromatic rings. The fraction of sp³-hybridized carbons (Fsp3) is 0.568. The SMILES string of the molecule is CCCCCCCCC(C(=C=[N+]=[N-])CCCC)=C(c1ccc(CCCC)cc1)c1ccc(CCCCC)cc1. The smallest absolute Gasteiger partial charge is 0.303 e. The van der Waals surface area contributed by atoms with Gasteiger partial charge >= 0.3 is 5.87 Å². The van der Waals surface area contributed by atoms with E-state index < -0.39 is 0 Å². The summed E-state index contributed by atoms with van der Waals surface area (Å²) < 4.78 is 0. The minimum absolute atomic E-state index is 0.888. The zero-order valence-electron chi connectivity index (χ0n) is 25.5. The van der Waals surface area contributed by atoms with E-state index in [-0.39, 0.29) is 0 Å². The van der Waals surface area contributed by atoms with Crippen molar-refractivity contribution in [2.75, 3.05) is 0 Å². The fourth-order valence-corrected chi connectivity index (χ4v) is 5.35. The van der Waals surface area contributed by atoms with Crippen LogP contribution in [0, 0.1) is 0 Å². The minimum atomic E-state index is 0.888. The van der Waals surface area contributed by atoms with Crippen LogP contribution in [-0.4, -0.2) is 10.7 Å². The second-order valence-electron chi connectivity index (χ2n) is 11.1. The summed E-state index contributed by atoms with van der Waals surface area (Å²) in [5, 5.41) is 0. The molecule has 0 saturated heterocycles. The molecule has 0 spiro atoms. The molecule has 0 unspecified atom stereocenters. The van der Waals surface area contributed by atoms with E-state index in [0.717, 1.165) is 50.5 Å². The summed E-state index contributed by atoms with van der Waals surface area (Å²) in [5.74, 6) is 3.02. The van der Waals surface area contributed by atoms with Crippen molar-refractivity contribution in [2.45, 2.75) is 137 Å². The molecular weight excluding hydrogens is 472 g/mol. The van der Waals surface area contributed by atoms with Gasteiger partial charge in [-0.1, -0.05) is 134 Å². The van der Waals surface area contributed by atoms with Crippen molar-refractivity contribution in [1.29, 1.82) is 0 Å². The summed E-state index contributed by atoms with van der Waals surface area (Å²) in [6.45, 7) is 9.01. The molecule has 2 rings (SSSR count). The Hall–Kier alpha value is -2.66. The molecule has 0 aliphatic rings. The van der Waals surface area contributed by atoms with Crippen molar-refractivity contribution in [3.63, 3.8) is 0 Å². The maximum absolute atomic E-state index is 9.60. The van der Waals surface area contributed by atoms with Gasteiger partial charge in [-0.3, -0.25) is 0 Å². The van der Waals surface area contributed by atoms with Crippen LogP contribution in [0.1, 0.15) is 146 Å². The molecule has 0 bridgehead atoms. The van der Waals surface area contributed by atoms with Crippen LogP contribution in [0.4, 0.5) is 0 Å². The van der Waals surface area contributed by atoms with Crippen molar-refractivity contribution in [3.8, 4) is 0 Å². The molecule has 0 saturated carbocycles. The standard InChI is InChI=1S/C37H54N2/c1-5-9-13-14-15-17-21-36(35(30-39-38)20-12-8-4)37(33-26-22-31(23-27-33)18-11-7-3)34-28-24-32(25-29-34)19-16-10-6-2/h22-29H,5-21H2,1-4H3. The molecule has 2 heteroatoms. The first kappa shape index (κ1) is 32.6. The quantitative estimate of drug-likeness (QED) is 0.0541. The highest BCUT2D eigenvalue weighted by molar-refractivity contribution is 5.87. The minimum Gasteiger partial charge on any atom is -0.348 e. The largest absolute Gasteiger partial charge is 0.348 e. The molecule has 0 heterocycles. The third kappa shape index (κ3) is 11.9. The molecule has 0 N–H and O–H groups in total. The molecule has 0 radical (unpaired) electrons. The molecular formula is C37H54N2. The van der Waals surface area contributed by atoms with E-state index in [2.05, 4.69) is 86.9 Å². The van der Waals surface area contributed by atoms with Gasteiger partial charge in [-0.2, -0.15) is 0 Å². The number of unbranched alkanes of at least 4 members (excludes halogenated alkanes) is 9. The van der Waals surface area contributed by atoms with Gasteiger partial charge in [-0.05, 0) is 84.8 Å². The summed E-state index contributed by atoms with van der Waals surface area (Å²) >= 11 is 0. The summed E-state index contributed by atoms with van der Waals surface area (Å²) in [7, 11) is 0. The van der Waals surface area contributed by atoms with E-state index in [4.69, 9.17) is 0 Å². The Labute approximate surface area is 240 Å². The fourth-order valence-electron chi connectivity index (χ4n) is 5.35. The number of hydrogen-bond acceptors (Lipinski definition) is 0. The molecule has 2 nitrogen and oxygen atoms in total. The van der Waals surface area contributed by atoms with Crippen molar-refractivity contribution in [3.05, 3.63) is 87.5 Å². The third-order valence-corrected chi connectivity index (χ3v) is 7.78. The molecule has 0 aliphatic heterocycles. The Morgan fingerprint density at radius 2 is 1.05 bits per heavy atom.